The number of rotatable bonds is 2. The summed E-state index contributed by atoms with van der Waals surface area (Å²) in [5, 5.41) is 0. The average molecular weight is 247 g/mol. The van der Waals surface area contributed by atoms with Gasteiger partial charge >= 0.3 is 5.97 Å². The summed E-state index contributed by atoms with van der Waals surface area (Å²) in [6, 6.07) is 10.1. The van der Waals surface area contributed by atoms with Crippen LogP contribution in [0, 0.1) is 5.92 Å². The number of carbonyl (C=O) groups excluding carboxylic acids is 1. The largest absolute Gasteiger partial charge is 0.453 e. The van der Waals surface area contributed by atoms with Crippen LogP contribution in [0.4, 0.5) is 0 Å². The van der Waals surface area contributed by atoms with E-state index in [9.17, 15) is 4.79 Å². The molecule has 98 valence electrons. The normalized spacial score (nSPS) is 28.9. The summed E-state index contributed by atoms with van der Waals surface area (Å²) in [4.78, 5) is 13.7. The molecule has 0 N–H and O–H groups in total. The fourth-order valence-corrected chi connectivity index (χ4v) is 3.08. The van der Waals surface area contributed by atoms with E-state index >= 15 is 0 Å². The number of likely N-dealkylation sites (tertiary alicyclic amines) is 1. The molecule has 1 aromatic carbocycles. The predicted octanol–water partition coefficient (Wildman–Crippen LogP) is 2.42. The SMILES string of the molecule is CC(=O)O[C@]1(c2ccccc2)C[C@@H](C)CN(C)C1. The molecule has 0 unspecified atom stereocenters. The van der Waals surface area contributed by atoms with Crippen molar-refractivity contribution in [2.24, 2.45) is 5.92 Å². The van der Waals surface area contributed by atoms with Crippen LogP contribution < -0.4 is 0 Å². The molecule has 1 aliphatic heterocycles. The maximum atomic E-state index is 11.5. The van der Waals surface area contributed by atoms with Gasteiger partial charge in [-0.05, 0) is 24.9 Å². The molecule has 0 amide bonds. The van der Waals surface area contributed by atoms with E-state index in [-0.39, 0.29) is 5.97 Å². The van der Waals surface area contributed by atoms with Gasteiger partial charge in [0.05, 0.1) is 0 Å². The van der Waals surface area contributed by atoms with Crippen molar-refractivity contribution < 1.29 is 9.53 Å². The molecule has 2 rings (SSSR count). The van der Waals surface area contributed by atoms with Crippen LogP contribution in [0.3, 0.4) is 0 Å². The lowest BCUT2D eigenvalue weighted by Gasteiger charge is -2.43. The van der Waals surface area contributed by atoms with E-state index in [0.29, 0.717) is 5.92 Å². The number of nitrogens with zero attached hydrogens (tertiary/aromatic N) is 1. The number of esters is 1. The second kappa shape index (κ2) is 5.11. The van der Waals surface area contributed by atoms with Gasteiger partial charge in [-0.1, -0.05) is 37.3 Å². The molecule has 3 heteroatoms. The maximum absolute atomic E-state index is 11.5. The maximum Gasteiger partial charge on any atom is 0.303 e. The fourth-order valence-electron chi connectivity index (χ4n) is 3.08. The number of ether oxygens (including phenoxy) is 1. The third kappa shape index (κ3) is 2.72. The van der Waals surface area contributed by atoms with Gasteiger partial charge in [-0.2, -0.15) is 0 Å². The Balaban J connectivity index is 2.37. The summed E-state index contributed by atoms with van der Waals surface area (Å²) in [5.74, 6) is 0.310. The Bertz CT molecular complexity index is 406. The molecule has 0 aliphatic carbocycles. The summed E-state index contributed by atoms with van der Waals surface area (Å²) in [7, 11) is 2.08. The molecule has 1 heterocycles. The van der Waals surface area contributed by atoms with Crippen LogP contribution in [0.2, 0.25) is 0 Å². The highest BCUT2D eigenvalue weighted by Crippen LogP contribution is 2.37. The Hall–Kier alpha value is -1.35. The Labute approximate surface area is 109 Å². The topological polar surface area (TPSA) is 29.5 Å². The Morgan fingerprint density at radius 2 is 2.06 bits per heavy atom. The Morgan fingerprint density at radius 1 is 1.39 bits per heavy atom. The second-order valence-corrected chi connectivity index (χ2v) is 5.46. The van der Waals surface area contributed by atoms with E-state index < -0.39 is 5.60 Å². The average Bonchev–Trinajstić information content (AvgIpc) is 2.27. The molecule has 1 aliphatic rings. The molecule has 1 saturated heterocycles. The lowest BCUT2D eigenvalue weighted by Crippen LogP contribution is -2.49. The first-order valence-electron chi connectivity index (χ1n) is 6.45. The van der Waals surface area contributed by atoms with Gasteiger partial charge < -0.3 is 9.64 Å². The van der Waals surface area contributed by atoms with Crippen LogP contribution in [0.15, 0.2) is 30.3 Å². The molecule has 0 spiro atoms. The summed E-state index contributed by atoms with van der Waals surface area (Å²) in [5.41, 5.74) is 0.609. The van der Waals surface area contributed by atoms with Crippen molar-refractivity contribution in [1.29, 1.82) is 0 Å². The number of likely N-dealkylation sites (N-methyl/N-ethyl adjacent to an activating group) is 1. The molecule has 18 heavy (non-hydrogen) atoms. The lowest BCUT2D eigenvalue weighted by atomic mass is 9.81. The smallest absolute Gasteiger partial charge is 0.303 e. The molecule has 0 bridgehead atoms. The lowest BCUT2D eigenvalue weighted by molar-refractivity contribution is -0.166. The first kappa shape index (κ1) is 13.1. The standard InChI is InChI=1S/C15H21NO2/c1-12-9-15(18-13(2)17,11-16(3)10-12)14-7-5-4-6-8-14/h4-8,12H,9-11H2,1-3H3/t12-,15-/m1/s1. The monoisotopic (exact) mass is 247 g/mol. The van der Waals surface area contributed by atoms with Gasteiger partial charge in [-0.3, -0.25) is 4.79 Å². The molecular weight excluding hydrogens is 226 g/mol. The van der Waals surface area contributed by atoms with Crippen LogP contribution in [0.25, 0.3) is 0 Å². The summed E-state index contributed by atoms with van der Waals surface area (Å²) in [6.07, 6.45) is 0.890. The zero-order chi connectivity index (χ0) is 13.2. The Morgan fingerprint density at radius 3 is 2.61 bits per heavy atom. The van der Waals surface area contributed by atoms with Gasteiger partial charge in [0.15, 0.2) is 0 Å². The van der Waals surface area contributed by atoms with Crippen molar-refractivity contribution in [2.75, 3.05) is 20.1 Å². The Kier molecular flexibility index (Phi) is 3.71. The number of hydrogen-bond acceptors (Lipinski definition) is 3. The molecule has 0 aromatic heterocycles. The van der Waals surface area contributed by atoms with Crippen molar-refractivity contribution >= 4 is 5.97 Å². The minimum absolute atomic E-state index is 0.207. The van der Waals surface area contributed by atoms with E-state index in [1.165, 1.54) is 6.92 Å². The number of benzene rings is 1. The zero-order valence-electron chi connectivity index (χ0n) is 11.3. The summed E-state index contributed by atoms with van der Waals surface area (Å²) < 4.78 is 5.73. The molecular formula is C15H21NO2. The molecule has 1 aromatic rings. The van der Waals surface area contributed by atoms with Gasteiger partial charge in [-0.15, -0.1) is 0 Å². The first-order valence-corrected chi connectivity index (χ1v) is 6.45. The van der Waals surface area contributed by atoms with Crippen molar-refractivity contribution in [3.63, 3.8) is 0 Å². The van der Waals surface area contributed by atoms with Crippen molar-refractivity contribution in [3.05, 3.63) is 35.9 Å². The van der Waals surface area contributed by atoms with Crippen molar-refractivity contribution in [1.82, 2.24) is 4.90 Å². The first-order chi connectivity index (χ1) is 8.52. The van der Waals surface area contributed by atoms with E-state index in [4.69, 9.17) is 4.74 Å². The summed E-state index contributed by atoms with van der Waals surface area (Å²) in [6.45, 7) is 5.51. The molecule has 2 atom stereocenters. The quantitative estimate of drug-likeness (QED) is 0.752. The zero-order valence-corrected chi connectivity index (χ0v) is 11.3. The molecule has 3 nitrogen and oxygen atoms in total. The third-order valence-electron chi connectivity index (χ3n) is 3.47. The van der Waals surface area contributed by atoms with Crippen LogP contribution in [0.5, 0.6) is 0 Å². The van der Waals surface area contributed by atoms with Crippen molar-refractivity contribution in [2.45, 2.75) is 25.9 Å². The predicted molar refractivity (Wildman–Crippen MR) is 71.2 cm³/mol. The van der Waals surface area contributed by atoms with E-state index in [1.54, 1.807) is 0 Å². The number of hydrogen-bond donors (Lipinski definition) is 0. The third-order valence-corrected chi connectivity index (χ3v) is 3.47. The highest BCUT2D eigenvalue weighted by Gasteiger charge is 2.41. The van der Waals surface area contributed by atoms with Gasteiger partial charge in [0.2, 0.25) is 0 Å². The second-order valence-electron chi connectivity index (χ2n) is 5.46. The number of piperidine rings is 1. The van der Waals surface area contributed by atoms with Crippen LogP contribution in [-0.2, 0) is 15.1 Å². The van der Waals surface area contributed by atoms with E-state index in [0.717, 1.165) is 25.1 Å². The fraction of sp³-hybridized carbons (Fsp3) is 0.533. The minimum atomic E-state index is -0.487. The van der Waals surface area contributed by atoms with Crippen LogP contribution in [-0.4, -0.2) is 31.0 Å². The van der Waals surface area contributed by atoms with Crippen molar-refractivity contribution in [3.8, 4) is 0 Å². The van der Waals surface area contributed by atoms with Crippen LogP contribution >= 0.6 is 0 Å². The number of carbonyl (C=O) groups is 1. The minimum Gasteiger partial charge on any atom is -0.453 e. The molecule has 1 fully saturated rings. The van der Waals surface area contributed by atoms with Gasteiger partial charge in [0, 0.05) is 20.0 Å². The summed E-state index contributed by atoms with van der Waals surface area (Å²) >= 11 is 0. The molecule has 0 saturated carbocycles. The highest BCUT2D eigenvalue weighted by atomic mass is 16.6. The van der Waals surface area contributed by atoms with E-state index in [2.05, 4.69) is 31.0 Å². The van der Waals surface area contributed by atoms with Gasteiger partial charge in [0.25, 0.3) is 0 Å². The van der Waals surface area contributed by atoms with Gasteiger partial charge in [-0.25, -0.2) is 0 Å². The van der Waals surface area contributed by atoms with Gasteiger partial charge in [0.1, 0.15) is 5.60 Å². The molecule has 0 radical (unpaired) electrons. The van der Waals surface area contributed by atoms with Crippen LogP contribution in [0.1, 0.15) is 25.8 Å². The highest BCUT2D eigenvalue weighted by molar-refractivity contribution is 5.67. The van der Waals surface area contributed by atoms with E-state index in [1.807, 2.05) is 18.2 Å².